The molecule has 4 rings (SSSR count). The fourth-order valence-electron chi connectivity index (χ4n) is 4.89. The molecule has 0 aromatic heterocycles. The Hall–Kier alpha value is -1.23. The van der Waals surface area contributed by atoms with Crippen molar-refractivity contribution in [2.45, 2.75) is 72.4 Å². The molecule has 0 bridgehead atoms. The highest BCUT2D eigenvalue weighted by atomic mass is 32.2. The maximum atomic E-state index is 10.2. The van der Waals surface area contributed by atoms with E-state index in [0.29, 0.717) is 5.92 Å². The van der Waals surface area contributed by atoms with Crippen molar-refractivity contribution in [1.82, 2.24) is 21.7 Å². The third-order valence-corrected chi connectivity index (χ3v) is 9.42. The van der Waals surface area contributed by atoms with Gasteiger partial charge in [-0.25, -0.2) is 21.7 Å². The van der Waals surface area contributed by atoms with Gasteiger partial charge in [-0.2, -0.15) is 5.26 Å². The molecule has 0 radical (unpaired) electrons. The Morgan fingerprint density at radius 2 is 1.76 bits per heavy atom. The van der Waals surface area contributed by atoms with Crippen LogP contribution in [0.2, 0.25) is 0 Å². The van der Waals surface area contributed by atoms with Gasteiger partial charge in [0.05, 0.1) is 24.5 Å². The van der Waals surface area contributed by atoms with E-state index in [1.165, 1.54) is 32.1 Å². The molecule has 2 saturated heterocycles. The molecule has 3 aliphatic rings. The number of ether oxygens (including phenoxy) is 3. The number of anilines is 1. The summed E-state index contributed by atoms with van der Waals surface area (Å²) in [7, 11) is 5.01. The number of rotatable bonds is 8. The van der Waals surface area contributed by atoms with E-state index in [-0.39, 0.29) is 16.5 Å². The number of hydrogen-bond donors (Lipinski definition) is 5. The first-order chi connectivity index (χ1) is 16.6. The van der Waals surface area contributed by atoms with Crippen molar-refractivity contribution in [3.8, 4) is 11.8 Å². The third-order valence-electron chi connectivity index (χ3n) is 6.75. The first-order valence-electron chi connectivity index (χ1n) is 11.9. The molecule has 1 aliphatic carbocycles. The van der Waals surface area contributed by atoms with Crippen LogP contribution in [-0.4, -0.2) is 42.8 Å². The summed E-state index contributed by atoms with van der Waals surface area (Å²) < 4.78 is 16.6. The number of nitrogens with one attached hydrogen (secondary N) is 5. The second kappa shape index (κ2) is 12.1. The summed E-state index contributed by atoms with van der Waals surface area (Å²) in [6.07, 6.45) is 8.59. The van der Waals surface area contributed by atoms with Gasteiger partial charge in [0.15, 0.2) is 16.1 Å². The summed E-state index contributed by atoms with van der Waals surface area (Å²) in [6, 6.07) is 8.44. The zero-order chi connectivity index (χ0) is 24.0. The highest BCUT2D eigenvalue weighted by molar-refractivity contribution is 8.01. The van der Waals surface area contributed by atoms with Crippen molar-refractivity contribution in [2.24, 2.45) is 5.92 Å². The van der Waals surface area contributed by atoms with Crippen LogP contribution in [0.4, 0.5) is 5.69 Å². The van der Waals surface area contributed by atoms with E-state index in [1.807, 2.05) is 18.2 Å². The quantitative estimate of drug-likeness (QED) is 0.355. The minimum absolute atomic E-state index is 0.162. The van der Waals surface area contributed by atoms with Gasteiger partial charge in [-0.3, -0.25) is 0 Å². The maximum Gasteiger partial charge on any atom is 0.171 e. The Balaban J connectivity index is 1.67. The number of nitrogens with zero attached hydrogens (tertiary/aromatic N) is 1. The van der Waals surface area contributed by atoms with Crippen LogP contribution in [0, 0.1) is 17.2 Å². The van der Waals surface area contributed by atoms with E-state index in [9.17, 15) is 5.26 Å². The predicted molar refractivity (Wildman–Crippen MR) is 137 cm³/mol. The molecular weight excluding hydrogens is 472 g/mol. The van der Waals surface area contributed by atoms with Crippen LogP contribution in [0.5, 0.6) is 5.75 Å². The summed E-state index contributed by atoms with van der Waals surface area (Å²) in [4.78, 5) is -0.453. The van der Waals surface area contributed by atoms with Crippen LogP contribution in [-0.2, 0) is 9.47 Å². The predicted octanol–water partition coefficient (Wildman–Crippen LogP) is 3.60. The summed E-state index contributed by atoms with van der Waals surface area (Å²) in [5, 5.41) is 13.9. The molecule has 3 fully saturated rings. The standard InChI is InChI=1S/C23H36N6O3S2/c1-30-16-11-12-19(17(13-16)18(14-24)20-26-27-21(31-2)33-20)25-23(29-28-22(32-3)34-23)15-9-7-5-4-6-8-10-15/h11-13,15,18,20-22,25-29H,4-10H2,1-3H3. The van der Waals surface area contributed by atoms with E-state index < -0.39 is 10.9 Å². The second-order valence-electron chi connectivity index (χ2n) is 8.83. The van der Waals surface area contributed by atoms with E-state index in [2.05, 4.69) is 33.1 Å². The number of hydrazine groups is 2. The topological polar surface area (TPSA) is 112 Å². The Morgan fingerprint density at radius 3 is 2.38 bits per heavy atom. The molecule has 1 saturated carbocycles. The Bertz CT molecular complexity index is 850. The normalized spacial score (nSPS) is 31.4. The molecule has 5 N–H and O–H groups in total. The molecule has 1 aromatic rings. The Morgan fingerprint density at radius 1 is 1.03 bits per heavy atom. The molecule has 34 heavy (non-hydrogen) atoms. The zero-order valence-corrected chi connectivity index (χ0v) is 21.7. The molecule has 0 spiro atoms. The van der Waals surface area contributed by atoms with Crippen LogP contribution in [0.1, 0.15) is 56.4 Å². The summed E-state index contributed by atoms with van der Waals surface area (Å²) in [5.74, 6) is 0.696. The van der Waals surface area contributed by atoms with Crippen LogP contribution in [0.15, 0.2) is 18.2 Å². The van der Waals surface area contributed by atoms with E-state index in [0.717, 1.165) is 29.8 Å². The van der Waals surface area contributed by atoms with Gasteiger partial charge in [0.2, 0.25) is 0 Å². The zero-order valence-electron chi connectivity index (χ0n) is 20.1. The highest BCUT2D eigenvalue weighted by Gasteiger charge is 2.47. The van der Waals surface area contributed by atoms with Gasteiger partial charge in [0, 0.05) is 25.8 Å². The maximum absolute atomic E-state index is 10.2. The van der Waals surface area contributed by atoms with Crippen molar-refractivity contribution in [1.29, 1.82) is 5.26 Å². The summed E-state index contributed by atoms with van der Waals surface area (Å²) in [5.41, 5.74) is 14.6. The summed E-state index contributed by atoms with van der Waals surface area (Å²) >= 11 is 3.28. The van der Waals surface area contributed by atoms with Crippen LogP contribution < -0.4 is 31.8 Å². The van der Waals surface area contributed by atoms with Crippen molar-refractivity contribution < 1.29 is 14.2 Å². The third kappa shape index (κ3) is 5.77. The van der Waals surface area contributed by atoms with Gasteiger partial charge >= 0.3 is 0 Å². The number of nitriles is 1. The average molecular weight is 509 g/mol. The van der Waals surface area contributed by atoms with Gasteiger partial charge in [0.1, 0.15) is 5.75 Å². The Kier molecular flexibility index (Phi) is 9.23. The van der Waals surface area contributed by atoms with Gasteiger partial charge in [0.25, 0.3) is 0 Å². The molecule has 5 atom stereocenters. The number of methoxy groups -OCH3 is 3. The lowest BCUT2D eigenvalue weighted by molar-refractivity contribution is 0.135. The first-order valence-corrected chi connectivity index (χ1v) is 13.7. The van der Waals surface area contributed by atoms with Gasteiger partial charge in [-0.15, -0.1) is 0 Å². The van der Waals surface area contributed by atoms with Gasteiger partial charge in [-0.1, -0.05) is 55.6 Å². The number of thioether (sulfide) groups is 2. The van der Waals surface area contributed by atoms with Crippen LogP contribution >= 0.6 is 23.5 Å². The lowest BCUT2D eigenvalue weighted by Gasteiger charge is -2.39. The Labute approximate surface area is 210 Å². The summed E-state index contributed by atoms with van der Waals surface area (Å²) in [6.45, 7) is 0. The molecule has 2 aliphatic heterocycles. The van der Waals surface area contributed by atoms with Gasteiger partial charge < -0.3 is 19.5 Å². The molecule has 9 nitrogen and oxygen atoms in total. The van der Waals surface area contributed by atoms with E-state index in [4.69, 9.17) is 14.2 Å². The van der Waals surface area contributed by atoms with Crippen LogP contribution in [0.25, 0.3) is 0 Å². The molecular formula is C23H36N6O3S2. The van der Waals surface area contributed by atoms with Crippen molar-refractivity contribution >= 4 is 29.2 Å². The molecule has 2 heterocycles. The monoisotopic (exact) mass is 508 g/mol. The first kappa shape index (κ1) is 25.9. The molecule has 188 valence electrons. The smallest absolute Gasteiger partial charge is 0.171 e. The fourth-order valence-corrected chi connectivity index (χ4v) is 7.17. The van der Waals surface area contributed by atoms with Crippen molar-refractivity contribution in [3.05, 3.63) is 23.8 Å². The molecule has 11 heteroatoms. The molecule has 5 unspecified atom stereocenters. The van der Waals surface area contributed by atoms with Crippen molar-refractivity contribution in [2.75, 3.05) is 26.6 Å². The van der Waals surface area contributed by atoms with Gasteiger partial charge in [-0.05, 0) is 36.6 Å². The fraction of sp³-hybridized carbons (Fsp3) is 0.696. The largest absolute Gasteiger partial charge is 0.497 e. The highest BCUT2D eigenvalue weighted by Crippen LogP contribution is 2.45. The number of benzene rings is 1. The second-order valence-corrected chi connectivity index (χ2v) is 11.3. The lowest BCUT2D eigenvalue weighted by atomic mass is 9.88. The number of hydrogen-bond acceptors (Lipinski definition) is 11. The van der Waals surface area contributed by atoms with E-state index in [1.54, 1.807) is 44.9 Å². The average Bonchev–Trinajstić information content (AvgIpc) is 3.48. The molecule has 1 aromatic carbocycles. The minimum atomic E-state index is -0.453. The van der Waals surface area contributed by atoms with Crippen LogP contribution in [0.3, 0.4) is 0 Å². The molecule has 0 amide bonds. The van der Waals surface area contributed by atoms with E-state index >= 15 is 0 Å². The van der Waals surface area contributed by atoms with Crippen molar-refractivity contribution in [3.63, 3.8) is 0 Å². The lowest BCUT2D eigenvalue weighted by Crippen LogP contribution is -2.54. The minimum Gasteiger partial charge on any atom is -0.497 e. The SMILES string of the molecule is COc1ccc(NC2(C3CCCCCCC3)NNC(OC)S2)c(C(C#N)C2NNC(OC)S2)c1.